The summed E-state index contributed by atoms with van der Waals surface area (Å²) in [6.45, 7) is 7.63. The largest absolute Gasteiger partial charge is 0.369 e. The van der Waals surface area contributed by atoms with Gasteiger partial charge in [0.25, 0.3) is 0 Å². The maximum atomic E-state index is 6.29. The Bertz CT molecular complexity index is 401. The van der Waals surface area contributed by atoms with Gasteiger partial charge in [-0.2, -0.15) is 0 Å². The van der Waals surface area contributed by atoms with E-state index < -0.39 is 0 Å². The lowest BCUT2D eigenvalue weighted by Gasteiger charge is -2.36. The van der Waals surface area contributed by atoms with Crippen LogP contribution in [0.1, 0.15) is 18.9 Å². The summed E-state index contributed by atoms with van der Waals surface area (Å²) in [6, 6.07) is 6.45. The summed E-state index contributed by atoms with van der Waals surface area (Å²) in [5.74, 6) is 0.758. The summed E-state index contributed by atoms with van der Waals surface area (Å²) in [6.07, 6.45) is 2.07. The lowest BCUT2D eigenvalue weighted by Crippen LogP contribution is -2.46. The van der Waals surface area contributed by atoms with E-state index >= 15 is 0 Å². The Morgan fingerprint density at radius 3 is 2.47 bits per heavy atom. The van der Waals surface area contributed by atoms with E-state index in [1.807, 2.05) is 0 Å². The van der Waals surface area contributed by atoms with Gasteiger partial charge in [0.2, 0.25) is 0 Å². The first-order chi connectivity index (χ1) is 9.24. The molecule has 1 fully saturated rings. The van der Waals surface area contributed by atoms with Gasteiger partial charge in [0.05, 0.1) is 0 Å². The second-order valence-electron chi connectivity index (χ2n) is 5.00. The molecule has 1 saturated heterocycles. The molecule has 2 rings (SSSR count). The molecule has 1 aliphatic heterocycles. The van der Waals surface area contributed by atoms with Crippen LogP contribution in [-0.2, 0) is 6.42 Å². The molecule has 0 unspecified atom stereocenters. The van der Waals surface area contributed by atoms with Crippen LogP contribution in [0.5, 0.6) is 0 Å². The minimum absolute atomic E-state index is 0.758. The third-order valence-electron chi connectivity index (χ3n) is 3.76. The maximum Gasteiger partial charge on any atom is 0.0458 e. The summed E-state index contributed by atoms with van der Waals surface area (Å²) in [4.78, 5) is 4.91. The van der Waals surface area contributed by atoms with Gasteiger partial charge < -0.3 is 4.90 Å². The molecule has 19 heavy (non-hydrogen) atoms. The number of piperazine rings is 1. The van der Waals surface area contributed by atoms with Crippen molar-refractivity contribution in [3.8, 4) is 0 Å². The molecule has 0 aliphatic carbocycles. The van der Waals surface area contributed by atoms with Crippen molar-refractivity contribution >= 4 is 28.9 Å². The van der Waals surface area contributed by atoms with Gasteiger partial charge in [-0.15, -0.1) is 11.6 Å². The van der Waals surface area contributed by atoms with Crippen molar-refractivity contribution in [3.05, 3.63) is 28.8 Å². The summed E-state index contributed by atoms with van der Waals surface area (Å²) in [5.41, 5.74) is 2.48. The maximum absolute atomic E-state index is 6.29. The summed E-state index contributed by atoms with van der Waals surface area (Å²) >= 11 is 12.0. The minimum atomic E-state index is 0.758. The van der Waals surface area contributed by atoms with Crippen LogP contribution in [0.4, 0.5) is 5.69 Å². The average molecular weight is 301 g/mol. The molecular weight excluding hydrogens is 279 g/mol. The SMILES string of the molecule is CCc1ccc(N2CCN(CCCCl)CC2)cc1Cl. The van der Waals surface area contributed by atoms with Crippen LogP contribution in [0.25, 0.3) is 0 Å². The van der Waals surface area contributed by atoms with Crippen molar-refractivity contribution in [2.24, 2.45) is 0 Å². The highest BCUT2D eigenvalue weighted by molar-refractivity contribution is 6.31. The van der Waals surface area contributed by atoms with Crippen LogP contribution in [-0.4, -0.2) is 43.5 Å². The van der Waals surface area contributed by atoms with E-state index in [-0.39, 0.29) is 0 Å². The number of halogens is 2. The van der Waals surface area contributed by atoms with E-state index in [0.29, 0.717) is 0 Å². The highest BCUT2D eigenvalue weighted by atomic mass is 35.5. The first kappa shape index (κ1) is 15.0. The molecule has 1 aromatic carbocycles. The second kappa shape index (κ2) is 7.37. The van der Waals surface area contributed by atoms with E-state index in [9.17, 15) is 0 Å². The number of anilines is 1. The van der Waals surface area contributed by atoms with Crippen molar-refractivity contribution in [3.63, 3.8) is 0 Å². The smallest absolute Gasteiger partial charge is 0.0458 e. The third kappa shape index (κ3) is 4.01. The predicted octanol–water partition coefficient (Wildman–Crippen LogP) is 3.65. The number of rotatable bonds is 5. The molecule has 2 nitrogen and oxygen atoms in total. The van der Waals surface area contributed by atoms with E-state index in [1.165, 1.54) is 11.3 Å². The fourth-order valence-corrected chi connectivity index (χ4v) is 2.96. The second-order valence-corrected chi connectivity index (χ2v) is 5.79. The molecule has 0 saturated carbocycles. The Morgan fingerprint density at radius 1 is 1.16 bits per heavy atom. The molecule has 0 N–H and O–H groups in total. The molecule has 1 aliphatic rings. The zero-order valence-electron chi connectivity index (χ0n) is 11.5. The lowest BCUT2D eigenvalue weighted by molar-refractivity contribution is 0.259. The van der Waals surface area contributed by atoms with Crippen LogP contribution in [0.3, 0.4) is 0 Å². The lowest BCUT2D eigenvalue weighted by atomic mass is 10.1. The van der Waals surface area contributed by atoms with Crippen molar-refractivity contribution in [1.29, 1.82) is 0 Å². The van der Waals surface area contributed by atoms with E-state index in [4.69, 9.17) is 23.2 Å². The molecule has 0 atom stereocenters. The van der Waals surface area contributed by atoms with E-state index in [2.05, 4.69) is 34.9 Å². The molecule has 0 aromatic heterocycles. The number of nitrogens with zero attached hydrogens (tertiary/aromatic N) is 2. The number of benzene rings is 1. The van der Waals surface area contributed by atoms with Crippen molar-refractivity contribution in [2.45, 2.75) is 19.8 Å². The highest BCUT2D eigenvalue weighted by Crippen LogP contribution is 2.25. The van der Waals surface area contributed by atoms with Crippen LogP contribution in [0.2, 0.25) is 5.02 Å². The van der Waals surface area contributed by atoms with Crippen LogP contribution in [0, 0.1) is 0 Å². The summed E-state index contributed by atoms with van der Waals surface area (Å²) < 4.78 is 0. The fourth-order valence-electron chi connectivity index (χ4n) is 2.53. The topological polar surface area (TPSA) is 6.48 Å². The number of hydrogen-bond acceptors (Lipinski definition) is 2. The van der Waals surface area contributed by atoms with Crippen molar-refractivity contribution in [1.82, 2.24) is 4.90 Å². The van der Waals surface area contributed by atoms with Gasteiger partial charge in [0.15, 0.2) is 0 Å². The molecule has 1 heterocycles. The Kier molecular flexibility index (Phi) is 5.80. The molecule has 4 heteroatoms. The van der Waals surface area contributed by atoms with Gasteiger partial charge in [-0.05, 0) is 37.1 Å². The van der Waals surface area contributed by atoms with Gasteiger partial charge >= 0.3 is 0 Å². The van der Waals surface area contributed by atoms with Crippen LogP contribution >= 0.6 is 23.2 Å². The van der Waals surface area contributed by atoms with Gasteiger partial charge in [0.1, 0.15) is 0 Å². The zero-order chi connectivity index (χ0) is 13.7. The summed E-state index contributed by atoms with van der Waals surface area (Å²) in [7, 11) is 0. The quantitative estimate of drug-likeness (QED) is 0.766. The first-order valence-electron chi connectivity index (χ1n) is 7.06. The minimum Gasteiger partial charge on any atom is -0.369 e. The predicted molar refractivity (Wildman–Crippen MR) is 84.8 cm³/mol. The van der Waals surface area contributed by atoms with Crippen LogP contribution in [0.15, 0.2) is 18.2 Å². The van der Waals surface area contributed by atoms with Gasteiger partial charge in [-0.1, -0.05) is 24.6 Å². The van der Waals surface area contributed by atoms with E-state index in [1.54, 1.807) is 0 Å². The van der Waals surface area contributed by atoms with Gasteiger partial charge in [-0.3, -0.25) is 4.90 Å². The number of hydrogen-bond donors (Lipinski definition) is 0. The molecule has 0 spiro atoms. The Balaban J connectivity index is 1.92. The highest BCUT2D eigenvalue weighted by Gasteiger charge is 2.17. The van der Waals surface area contributed by atoms with Crippen LogP contribution < -0.4 is 4.90 Å². The van der Waals surface area contributed by atoms with Crippen molar-refractivity contribution < 1.29 is 0 Å². The average Bonchev–Trinajstić information content (AvgIpc) is 2.45. The van der Waals surface area contributed by atoms with Gasteiger partial charge in [0, 0.05) is 42.8 Å². The standard InChI is InChI=1S/C15H22Cl2N2/c1-2-13-4-5-14(12-15(13)17)19-10-8-18(9-11-19)7-3-6-16/h4-5,12H,2-3,6-11H2,1H3. The number of alkyl halides is 1. The molecule has 0 bridgehead atoms. The van der Waals surface area contributed by atoms with E-state index in [0.717, 1.165) is 56.5 Å². The first-order valence-corrected chi connectivity index (χ1v) is 7.97. The van der Waals surface area contributed by atoms with Gasteiger partial charge in [-0.25, -0.2) is 0 Å². The Labute approximate surface area is 126 Å². The molecule has 0 radical (unpaired) electrons. The summed E-state index contributed by atoms with van der Waals surface area (Å²) in [5, 5.41) is 0.893. The fraction of sp³-hybridized carbons (Fsp3) is 0.600. The van der Waals surface area contributed by atoms with Crippen molar-refractivity contribution in [2.75, 3.05) is 43.5 Å². The molecule has 0 amide bonds. The Hall–Kier alpha value is -0.440. The molecule has 106 valence electrons. The normalized spacial score (nSPS) is 16.9. The number of aryl methyl sites for hydroxylation is 1. The Morgan fingerprint density at radius 2 is 1.89 bits per heavy atom. The zero-order valence-corrected chi connectivity index (χ0v) is 13.1. The monoisotopic (exact) mass is 300 g/mol. The third-order valence-corrected chi connectivity index (χ3v) is 4.38. The molecular formula is C15H22Cl2N2. The molecule has 1 aromatic rings.